The number of hydrogen-bond donors (Lipinski definition) is 2. The third-order valence-corrected chi connectivity index (χ3v) is 4.82. The zero-order valence-corrected chi connectivity index (χ0v) is 11.6. The Balaban J connectivity index is 3.13. The maximum absolute atomic E-state index is 10.5. The van der Waals surface area contributed by atoms with E-state index in [2.05, 4.69) is 5.32 Å². The molecule has 0 aliphatic carbocycles. The lowest BCUT2D eigenvalue weighted by atomic mass is 10.4. The van der Waals surface area contributed by atoms with E-state index in [1.54, 1.807) is 21.6 Å². The fourth-order valence-electron chi connectivity index (χ4n) is 0.832. The fourth-order valence-corrected chi connectivity index (χ4v) is 3.45. The minimum atomic E-state index is -3.80. The predicted octanol–water partition coefficient (Wildman–Crippen LogP) is 1.17. The molecule has 0 saturated heterocycles. The van der Waals surface area contributed by atoms with Gasteiger partial charge in [-0.05, 0) is 12.8 Å². The fraction of sp³-hybridized carbons (Fsp3) is 0.875. The van der Waals surface area contributed by atoms with E-state index in [0.717, 1.165) is 17.9 Å². The topological polar surface area (TPSA) is 83.5 Å². The van der Waals surface area contributed by atoms with Gasteiger partial charge in [-0.15, -0.1) is 0 Å². The average molecular weight is 287 g/mol. The van der Waals surface area contributed by atoms with Crippen molar-refractivity contribution in [1.29, 1.82) is 0 Å². The number of unbranched alkanes of at least 4 members (excludes halogenated alkanes) is 1. The Bertz CT molecular complexity index is 292. The van der Waals surface area contributed by atoms with E-state index in [-0.39, 0.29) is 11.7 Å². The van der Waals surface area contributed by atoms with Gasteiger partial charge in [0.05, 0.1) is 5.75 Å². The molecule has 0 aromatic rings. The van der Waals surface area contributed by atoms with Crippen LogP contribution in [0.4, 0.5) is 0 Å². The summed E-state index contributed by atoms with van der Waals surface area (Å²) in [4.78, 5) is 10.5. The lowest BCUT2D eigenvalue weighted by molar-refractivity contribution is -0.118. The second-order valence-electron chi connectivity index (χ2n) is 3.12. The molecule has 2 N–H and O–H groups in total. The third kappa shape index (κ3) is 14.1. The molecule has 0 heterocycles. The number of amides is 1. The van der Waals surface area contributed by atoms with Crippen molar-refractivity contribution in [1.82, 2.24) is 5.32 Å². The Labute approximate surface area is 104 Å². The van der Waals surface area contributed by atoms with Gasteiger partial charge in [-0.1, -0.05) is 21.6 Å². The minimum absolute atomic E-state index is 0.0289. The van der Waals surface area contributed by atoms with E-state index in [4.69, 9.17) is 4.55 Å². The van der Waals surface area contributed by atoms with E-state index in [0.29, 0.717) is 13.0 Å². The first-order valence-corrected chi connectivity index (χ1v) is 8.95. The molecule has 0 aromatic carbocycles. The van der Waals surface area contributed by atoms with Gasteiger partial charge in [0, 0.05) is 25.0 Å². The quantitative estimate of drug-likeness (QED) is 0.376. The van der Waals surface area contributed by atoms with Crippen LogP contribution in [0.5, 0.6) is 0 Å². The Morgan fingerprint density at radius 2 is 1.88 bits per heavy atom. The van der Waals surface area contributed by atoms with Gasteiger partial charge < -0.3 is 5.32 Å². The molecule has 96 valence electrons. The van der Waals surface area contributed by atoms with Gasteiger partial charge in [-0.25, -0.2) is 0 Å². The normalized spacial score (nSPS) is 11.4. The lowest BCUT2D eigenvalue weighted by Gasteiger charge is -2.01. The highest BCUT2D eigenvalue weighted by Gasteiger charge is 2.02. The van der Waals surface area contributed by atoms with E-state index in [9.17, 15) is 13.2 Å². The van der Waals surface area contributed by atoms with Gasteiger partial charge >= 0.3 is 0 Å². The van der Waals surface area contributed by atoms with Gasteiger partial charge in [0.1, 0.15) is 0 Å². The second-order valence-corrected chi connectivity index (χ2v) is 7.39. The molecule has 0 saturated carbocycles. The molecule has 8 heteroatoms. The van der Waals surface area contributed by atoms with Crippen molar-refractivity contribution >= 4 is 37.6 Å². The molecule has 0 aliphatic heterocycles. The molecule has 16 heavy (non-hydrogen) atoms. The number of nitrogens with one attached hydrogen (secondary N) is 1. The van der Waals surface area contributed by atoms with Crippen LogP contribution in [0.2, 0.25) is 0 Å². The average Bonchev–Trinajstić information content (AvgIpc) is 2.13. The van der Waals surface area contributed by atoms with E-state index < -0.39 is 10.1 Å². The smallest absolute Gasteiger partial charge is 0.264 e. The van der Waals surface area contributed by atoms with Crippen LogP contribution in [0.25, 0.3) is 0 Å². The van der Waals surface area contributed by atoms with Crippen molar-refractivity contribution < 1.29 is 17.8 Å². The number of carbonyl (C=O) groups excluding carboxylic acids is 1. The summed E-state index contributed by atoms with van der Waals surface area (Å²) in [6, 6.07) is 0. The molecule has 0 rings (SSSR count). The van der Waals surface area contributed by atoms with Crippen molar-refractivity contribution in [3.05, 3.63) is 0 Å². The predicted molar refractivity (Wildman–Crippen MR) is 69.2 cm³/mol. The van der Waals surface area contributed by atoms with Crippen molar-refractivity contribution in [3.63, 3.8) is 0 Å². The van der Waals surface area contributed by atoms with Crippen LogP contribution in [0.3, 0.4) is 0 Å². The molecular formula is C8H17NO4S3. The standard InChI is InChI=1S/C8H17NO4S3/c1-8(10)9-4-6-15-14-5-2-3-7-16(11,12)13/h2-7H2,1H3,(H,9,10)(H,11,12,13). The van der Waals surface area contributed by atoms with Crippen LogP contribution in [-0.2, 0) is 14.9 Å². The molecule has 0 fully saturated rings. The van der Waals surface area contributed by atoms with Gasteiger partial charge in [0.15, 0.2) is 0 Å². The number of carbonyl (C=O) groups is 1. The molecule has 0 atom stereocenters. The van der Waals surface area contributed by atoms with Gasteiger partial charge in [-0.3, -0.25) is 9.35 Å². The molecular weight excluding hydrogens is 270 g/mol. The first-order chi connectivity index (χ1) is 7.42. The summed E-state index contributed by atoms with van der Waals surface area (Å²) in [5.74, 6) is 1.49. The van der Waals surface area contributed by atoms with Crippen molar-refractivity contribution in [2.75, 3.05) is 23.8 Å². The Morgan fingerprint density at radius 1 is 1.25 bits per heavy atom. The van der Waals surface area contributed by atoms with Crippen LogP contribution in [0, 0.1) is 0 Å². The minimum Gasteiger partial charge on any atom is -0.355 e. The van der Waals surface area contributed by atoms with Crippen LogP contribution in [-0.4, -0.2) is 42.7 Å². The SMILES string of the molecule is CC(=O)NCCSSCCCCS(=O)(=O)O. The molecule has 1 amide bonds. The Morgan fingerprint density at radius 3 is 2.44 bits per heavy atom. The first-order valence-electron chi connectivity index (χ1n) is 4.86. The molecule has 0 radical (unpaired) electrons. The van der Waals surface area contributed by atoms with E-state index in [1.807, 2.05) is 0 Å². The lowest BCUT2D eigenvalue weighted by Crippen LogP contribution is -2.22. The highest BCUT2D eigenvalue weighted by molar-refractivity contribution is 8.76. The van der Waals surface area contributed by atoms with E-state index in [1.165, 1.54) is 6.92 Å². The largest absolute Gasteiger partial charge is 0.355 e. The van der Waals surface area contributed by atoms with Crippen molar-refractivity contribution in [2.45, 2.75) is 19.8 Å². The van der Waals surface area contributed by atoms with Crippen molar-refractivity contribution in [3.8, 4) is 0 Å². The monoisotopic (exact) mass is 287 g/mol. The van der Waals surface area contributed by atoms with Crippen LogP contribution in [0.1, 0.15) is 19.8 Å². The molecule has 0 unspecified atom stereocenters. The summed E-state index contributed by atoms with van der Waals surface area (Å²) in [6.07, 6.45) is 1.25. The molecule has 5 nitrogen and oxygen atoms in total. The molecule has 0 spiro atoms. The summed E-state index contributed by atoms with van der Waals surface area (Å²) >= 11 is 0. The molecule has 0 aliphatic rings. The highest BCUT2D eigenvalue weighted by atomic mass is 33.1. The van der Waals surface area contributed by atoms with Gasteiger partial charge in [0.25, 0.3) is 10.1 Å². The summed E-state index contributed by atoms with van der Waals surface area (Å²) in [6.45, 7) is 2.13. The second kappa shape index (κ2) is 9.15. The van der Waals surface area contributed by atoms with Crippen LogP contribution in [0.15, 0.2) is 0 Å². The number of hydrogen-bond acceptors (Lipinski definition) is 5. The van der Waals surface area contributed by atoms with Crippen LogP contribution >= 0.6 is 21.6 Å². The van der Waals surface area contributed by atoms with Crippen LogP contribution < -0.4 is 5.32 Å². The maximum atomic E-state index is 10.5. The molecule has 0 aromatic heterocycles. The summed E-state index contributed by atoms with van der Waals surface area (Å²) in [5, 5.41) is 2.68. The summed E-state index contributed by atoms with van der Waals surface area (Å²) in [5.41, 5.74) is 0. The van der Waals surface area contributed by atoms with Crippen molar-refractivity contribution in [2.24, 2.45) is 0 Å². The third-order valence-electron chi connectivity index (χ3n) is 1.52. The summed E-state index contributed by atoms with van der Waals surface area (Å²) < 4.78 is 29.2. The Hall–Kier alpha value is 0.0800. The molecule has 0 bridgehead atoms. The highest BCUT2D eigenvalue weighted by Crippen LogP contribution is 2.21. The number of rotatable bonds is 9. The maximum Gasteiger partial charge on any atom is 0.264 e. The zero-order valence-electron chi connectivity index (χ0n) is 9.14. The van der Waals surface area contributed by atoms with Gasteiger partial charge in [-0.2, -0.15) is 8.42 Å². The Kier molecular flexibility index (Phi) is 9.19. The zero-order chi connectivity index (χ0) is 12.4. The van der Waals surface area contributed by atoms with Gasteiger partial charge in [0.2, 0.25) is 5.91 Å². The summed E-state index contributed by atoms with van der Waals surface area (Å²) in [7, 11) is -0.511. The van der Waals surface area contributed by atoms with E-state index >= 15 is 0 Å². The first kappa shape index (κ1) is 16.1.